The molecule has 0 amide bonds. The van der Waals surface area contributed by atoms with Gasteiger partial charge in [-0.15, -0.1) is 0 Å². The molecule has 1 fully saturated rings. The Kier molecular flexibility index (Phi) is 4.03. The van der Waals surface area contributed by atoms with Crippen molar-refractivity contribution >= 4 is 33.5 Å². The third kappa shape index (κ3) is 2.66. The molecule has 0 radical (unpaired) electrons. The molecule has 16 heavy (non-hydrogen) atoms. The standard InChI is InChI=1S/C12H12BrFOS/c13-9-7-8(4-5-10(9)14)12(15)11-3-1-2-6-16-11/h4-5,7,11H,1-3,6H2. The largest absolute Gasteiger partial charge is 0.293 e. The van der Waals surface area contributed by atoms with Crippen molar-refractivity contribution in [1.29, 1.82) is 0 Å². The maximum absolute atomic E-state index is 13.0. The maximum atomic E-state index is 13.0. The molecule has 0 bridgehead atoms. The molecule has 4 heteroatoms. The Morgan fingerprint density at radius 2 is 2.25 bits per heavy atom. The number of halogens is 2. The summed E-state index contributed by atoms with van der Waals surface area (Å²) >= 11 is 4.82. The molecule has 1 aromatic carbocycles. The summed E-state index contributed by atoms with van der Waals surface area (Å²) in [5.41, 5.74) is 0.604. The van der Waals surface area contributed by atoms with E-state index in [-0.39, 0.29) is 16.9 Å². The molecule has 2 rings (SSSR count). The van der Waals surface area contributed by atoms with Crippen LogP contribution in [0, 0.1) is 5.82 Å². The van der Waals surface area contributed by atoms with Crippen molar-refractivity contribution in [3.8, 4) is 0 Å². The minimum atomic E-state index is -0.326. The zero-order valence-electron chi connectivity index (χ0n) is 8.71. The normalized spacial score (nSPS) is 20.8. The molecule has 1 aliphatic rings. The molecule has 0 spiro atoms. The van der Waals surface area contributed by atoms with E-state index in [0.29, 0.717) is 10.0 Å². The highest BCUT2D eigenvalue weighted by atomic mass is 79.9. The van der Waals surface area contributed by atoms with E-state index in [9.17, 15) is 9.18 Å². The first-order valence-corrected chi connectivity index (χ1v) is 7.13. The van der Waals surface area contributed by atoms with Crippen molar-refractivity contribution in [3.63, 3.8) is 0 Å². The van der Waals surface area contributed by atoms with Crippen molar-refractivity contribution in [2.24, 2.45) is 0 Å². The van der Waals surface area contributed by atoms with Gasteiger partial charge in [0.1, 0.15) is 5.82 Å². The summed E-state index contributed by atoms with van der Waals surface area (Å²) in [4.78, 5) is 12.1. The van der Waals surface area contributed by atoms with E-state index in [1.165, 1.54) is 12.5 Å². The number of carbonyl (C=O) groups excluding carboxylic acids is 1. The van der Waals surface area contributed by atoms with Gasteiger partial charge in [-0.25, -0.2) is 4.39 Å². The summed E-state index contributed by atoms with van der Waals surface area (Å²) < 4.78 is 13.4. The van der Waals surface area contributed by atoms with E-state index >= 15 is 0 Å². The zero-order chi connectivity index (χ0) is 11.5. The Labute approximate surface area is 107 Å². The third-order valence-electron chi connectivity index (χ3n) is 2.68. The predicted octanol–water partition coefficient (Wildman–Crippen LogP) is 4.06. The molecule has 0 aromatic heterocycles. The first-order chi connectivity index (χ1) is 7.68. The average molecular weight is 303 g/mol. The van der Waals surface area contributed by atoms with Crippen LogP contribution in [-0.2, 0) is 0 Å². The number of hydrogen-bond donors (Lipinski definition) is 0. The summed E-state index contributed by atoms with van der Waals surface area (Å²) in [5, 5.41) is 0.0612. The molecule has 0 saturated carbocycles. The molecule has 1 aliphatic heterocycles. The average Bonchev–Trinajstić information content (AvgIpc) is 2.33. The second-order valence-corrected chi connectivity index (χ2v) is 6.01. The SMILES string of the molecule is O=C(c1ccc(F)c(Br)c1)C1CCCCS1. The lowest BCUT2D eigenvalue weighted by Gasteiger charge is -2.19. The fourth-order valence-corrected chi connectivity index (χ4v) is 3.44. The Hall–Kier alpha value is -0.350. The van der Waals surface area contributed by atoms with Crippen LogP contribution in [0.4, 0.5) is 4.39 Å². The fraction of sp³-hybridized carbons (Fsp3) is 0.417. The van der Waals surface area contributed by atoms with E-state index in [0.717, 1.165) is 18.6 Å². The van der Waals surface area contributed by atoms with Crippen LogP contribution in [0.2, 0.25) is 0 Å². The van der Waals surface area contributed by atoms with E-state index in [1.54, 1.807) is 23.9 Å². The number of thioether (sulfide) groups is 1. The summed E-state index contributed by atoms with van der Waals surface area (Å²) in [6.45, 7) is 0. The van der Waals surface area contributed by atoms with Gasteiger partial charge in [0, 0.05) is 5.56 Å². The van der Waals surface area contributed by atoms with Crippen LogP contribution in [0.1, 0.15) is 29.6 Å². The lowest BCUT2D eigenvalue weighted by molar-refractivity contribution is 0.0984. The molecule has 1 nitrogen and oxygen atoms in total. The van der Waals surface area contributed by atoms with Gasteiger partial charge in [0.15, 0.2) is 5.78 Å². The number of carbonyl (C=O) groups is 1. The lowest BCUT2D eigenvalue weighted by atomic mass is 10.0. The monoisotopic (exact) mass is 302 g/mol. The van der Waals surface area contributed by atoms with Gasteiger partial charge in [0.25, 0.3) is 0 Å². The fourth-order valence-electron chi connectivity index (χ4n) is 1.78. The van der Waals surface area contributed by atoms with E-state index < -0.39 is 0 Å². The van der Waals surface area contributed by atoms with Crippen LogP contribution in [0.3, 0.4) is 0 Å². The van der Waals surface area contributed by atoms with Crippen LogP contribution in [0.25, 0.3) is 0 Å². The maximum Gasteiger partial charge on any atom is 0.175 e. The third-order valence-corrected chi connectivity index (χ3v) is 4.66. The first kappa shape index (κ1) is 12.1. The topological polar surface area (TPSA) is 17.1 Å². The van der Waals surface area contributed by atoms with Gasteiger partial charge in [0.05, 0.1) is 9.72 Å². The number of ketones is 1. The highest BCUT2D eigenvalue weighted by Gasteiger charge is 2.23. The second-order valence-electron chi connectivity index (χ2n) is 3.85. The first-order valence-electron chi connectivity index (χ1n) is 5.29. The Bertz CT molecular complexity index is 402. The number of benzene rings is 1. The second kappa shape index (κ2) is 5.32. The molecule has 86 valence electrons. The predicted molar refractivity (Wildman–Crippen MR) is 68.5 cm³/mol. The van der Waals surface area contributed by atoms with Crippen LogP contribution >= 0.6 is 27.7 Å². The molecule has 1 unspecified atom stereocenters. The van der Waals surface area contributed by atoms with E-state index in [1.807, 2.05) is 0 Å². The van der Waals surface area contributed by atoms with E-state index in [4.69, 9.17) is 0 Å². The van der Waals surface area contributed by atoms with Crippen LogP contribution in [-0.4, -0.2) is 16.8 Å². The number of rotatable bonds is 2. The van der Waals surface area contributed by atoms with Gasteiger partial charge in [-0.05, 0) is 52.7 Å². The van der Waals surface area contributed by atoms with Crippen molar-refractivity contribution in [1.82, 2.24) is 0 Å². The van der Waals surface area contributed by atoms with Crippen LogP contribution in [0.5, 0.6) is 0 Å². The summed E-state index contributed by atoms with van der Waals surface area (Å²) in [5.74, 6) is 0.858. The molecule has 1 aromatic rings. The Morgan fingerprint density at radius 3 is 2.88 bits per heavy atom. The zero-order valence-corrected chi connectivity index (χ0v) is 11.1. The van der Waals surface area contributed by atoms with Crippen LogP contribution in [0.15, 0.2) is 22.7 Å². The van der Waals surface area contributed by atoms with Crippen molar-refractivity contribution < 1.29 is 9.18 Å². The smallest absolute Gasteiger partial charge is 0.175 e. The van der Waals surface area contributed by atoms with Crippen molar-refractivity contribution in [2.45, 2.75) is 24.5 Å². The van der Waals surface area contributed by atoms with Crippen molar-refractivity contribution in [3.05, 3.63) is 34.1 Å². The molecular weight excluding hydrogens is 291 g/mol. The molecule has 0 aliphatic carbocycles. The van der Waals surface area contributed by atoms with Gasteiger partial charge in [-0.1, -0.05) is 6.42 Å². The minimum absolute atomic E-state index is 0.0612. The van der Waals surface area contributed by atoms with Gasteiger partial charge in [-0.3, -0.25) is 4.79 Å². The lowest BCUT2D eigenvalue weighted by Crippen LogP contribution is -2.21. The highest BCUT2D eigenvalue weighted by molar-refractivity contribution is 9.10. The minimum Gasteiger partial charge on any atom is -0.293 e. The van der Waals surface area contributed by atoms with Gasteiger partial charge in [0.2, 0.25) is 0 Å². The Balaban J connectivity index is 2.16. The molecule has 0 N–H and O–H groups in total. The highest BCUT2D eigenvalue weighted by Crippen LogP contribution is 2.29. The molecular formula is C12H12BrFOS. The summed E-state index contributed by atoms with van der Waals surface area (Å²) in [6, 6.07) is 4.48. The van der Waals surface area contributed by atoms with Gasteiger partial charge >= 0.3 is 0 Å². The summed E-state index contributed by atoms with van der Waals surface area (Å²) in [7, 11) is 0. The molecule has 1 heterocycles. The molecule has 1 atom stereocenters. The molecule has 1 saturated heterocycles. The summed E-state index contributed by atoms with van der Waals surface area (Å²) in [6.07, 6.45) is 3.26. The van der Waals surface area contributed by atoms with E-state index in [2.05, 4.69) is 15.9 Å². The number of hydrogen-bond acceptors (Lipinski definition) is 2. The number of Topliss-reactive ketones (excluding diaryl/α,β-unsaturated/α-hetero) is 1. The Morgan fingerprint density at radius 1 is 1.44 bits per heavy atom. The van der Waals surface area contributed by atoms with Crippen LogP contribution < -0.4 is 0 Å². The van der Waals surface area contributed by atoms with Crippen molar-refractivity contribution in [2.75, 3.05) is 5.75 Å². The quantitative estimate of drug-likeness (QED) is 0.767. The van der Waals surface area contributed by atoms with Gasteiger partial charge < -0.3 is 0 Å². The van der Waals surface area contributed by atoms with Gasteiger partial charge in [-0.2, -0.15) is 11.8 Å².